The second-order valence-electron chi connectivity index (χ2n) is 8.70. The summed E-state index contributed by atoms with van der Waals surface area (Å²) in [4.78, 5) is 8.68. The van der Waals surface area contributed by atoms with Gasteiger partial charge in [0.1, 0.15) is 11.9 Å². The molecule has 2 aromatic carbocycles. The highest BCUT2D eigenvalue weighted by Crippen LogP contribution is 2.37. The van der Waals surface area contributed by atoms with Crippen molar-refractivity contribution >= 4 is 39.6 Å². The molecule has 11 heteroatoms. The highest BCUT2D eigenvalue weighted by atomic mass is 35.5. The third-order valence-corrected chi connectivity index (χ3v) is 6.38. The lowest BCUT2D eigenvalue weighted by atomic mass is 10.0. The Bertz CT molecular complexity index is 1560. The maximum absolute atomic E-state index is 13.8. The summed E-state index contributed by atoms with van der Waals surface area (Å²) in [6.07, 6.45) is 6.79. The van der Waals surface area contributed by atoms with Gasteiger partial charge in [-0.15, -0.1) is 5.53 Å². The first-order valence-electron chi connectivity index (χ1n) is 11.8. The summed E-state index contributed by atoms with van der Waals surface area (Å²) < 4.78 is 13.8. The van der Waals surface area contributed by atoms with E-state index >= 15 is 0 Å². The molecule has 192 valence electrons. The second kappa shape index (κ2) is 10.9. The zero-order chi connectivity index (χ0) is 26.6. The Morgan fingerprint density at radius 2 is 2.08 bits per heavy atom. The zero-order valence-corrected chi connectivity index (χ0v) is 21.1. The average Bonchev–Trinajstić information content (AvgIpc) is 3.38. The number of hydrogen-bond acceptors (Lipinski definition) is 9. The van der Waals surface area contributed by atoms with Crippen LogP contribution in [0.15, 0.2) is 73.0 Å². The molecule has 3 heterocycles. The Hall–Kier alpha value is -4.43. The topological polar surface area (TPSA) is 121 Å². The monoisotopic (exact) mass is 530 g/mol. The average molecular weight is 531 g/mol. The van der Waals surface area contributed by atoms with Crippen molar-refractivity contribution in [2.45, 2.75) is 13.0 Å². The van der Waals surface area contributed by atoms with Crippen LogP contribution >= 0.6 is 11.6 Å². The predicted octanol–water partition coefficient (Wildman–Crippen LogP) is 4.66. The summed E-state index contributed by atoms with van der Waals surface area (Å²) in [7, 11) is 0. The highest BCUT2D eigenvalue weighted by Gasteiger charge is 2.23. The van der Waals surface area contributed by atoms with Crippen LogP contribution in [-0.4, -0.2) is 33.2 Å². The molecule has 0 saturated carbocycles. The zero-order valence-electron chi connectivity index (χ0n) is 20.3. The van der Waals surface area contributed by atoms with Crippen LogP contribution in [0.25, 0.3) is 10.9 Å². The Morgan fingerprint density at radius 1 is 1.21 bits per heavy atom. The van der Waals surface area contributed by atoms with Gasteiger partial charge < -0.3 is 21.2 Å². The summed E-state index contributed by atoms with van der Waals surface area (Å²) in [5.41, 5.74) is 11.0. The molecule has 1 atom stereocenters. The van der Waals surface area contributed by atoms with Gasteiger partial charge in [0.15, 0.2) is 0 Å². The summed E-state index contributed by atoms with van der Waals surface area (Å²) in [5.74, 6) is -0.312. The molecule has 0 unspecified atom stereocenters. The number of aliphatic hydroxyl groups is 1. The third-order valence-electron chi connectivity index (χ3n) is 6.09. The van der Waals surface area contributed by atoms with Gasteiger partial charge in [0.05, 0.1) is 46.7 Å². The lowest BCUT2D eigenvalue weighted by Gasteiger charge is -2.22. The van der Waals surface area contributed by atoms with Gasteiger partial charge in [-0.1, -0.05) is 17.7 Å². The lowest BCUT2D eigenvalue weighted by Crippen LogP contribution is -2.38. The van der Waals surface area contributed by atoms with E-state index in [0.29, 0.717) is 50.7 Å². The van der Waals surface area contributed by atoms with Gasteiger partial charge in [-0.3, -0.25) is 15.0 Å². The quantitative estimate of drug-likeness (QED) is 0.221. The molecule has 5 rings (SSSR count). The Kier molecular flexibility index (Phi) is 7.24. The van der Waals surface area contributed by atoms with Gasteiger partial charge in [0.25, 0.3) is 0 Å². The second-order valence-corrected chi connectivity index (χ2v) is 9.11. The van der Waals surface area contributed by atoms with Gasteiger partial charge in [0.2, 0.25) is 0 Å². The molecule has 4 aromatic rings. The molecule has 5 N–H and O–H groups in total. The predicted molar refractivity (Wildman–Crippen MR) is 145 cm³/mol. The van der Waals surface area contributed by atoms with Gasteiger partial charge in [-0.25, -0.2) is 4.39 Å². The number of hydrogen-bond donors (Lipinski definition) is 5. The molecule has 2 aromatic heterocycles. The molecule has 0 spiro atoms. The Morgan fingerprint density at radius 3 is 2.82 bits per heavy atom. The number of aromatic nitrogens is 2. The first-order valence-corrected chi connectivity index (χ1v) is 12.2. The van der Waals surface area contributed by atoms with Gasteiger partial charge >= 0.3 is 0 Å². The van der Waals surface area contributed by atoms with Crippen LogP contribution in [0, 0.1) is 24.1 Å². The Balaban J connectivity index is 1.58. The number of nitrogens with one attached hydrogen (secondary N) is 4. The van der Waals surface area contributed by atoms with Crippen molar-refractivity contribution in [1.29, 1.82) is 5.26 Å². The van der Waals surface area contributed by atoms with Crippen molar-refractivity contribution in [2.75, 3.05) is 23.8 Å². The molecular weight excluding hydrogens is 507 g/mol. The molecule has 1 aliphatic heterocycles. The number of anilines is 3. The van der Waals surface area contributed by atoms with Crippen molar-refractivity contribution in [3.63, 3.8) is 0 Å². The number of rotatable bonds is 8. The third kappa shape index (κ3) is 5.17. The standard InChI is InChI=1S/C27H24ClFN8O/c1-16-9-19(4-5-23(16)29)33-25-18(12-30)14-32-27-21(25)10-20(11-22(27)28)34-26(17-3-2-6-31-13-17)24-15-37(7-8-38)36-35-24/h2-6,9-11,13-15,26,34-36,38H,7-8H2,1H3,(H,32,33)/t26-/m0/s1. The van der Waals surface area contributed by atoms with E-state index in [1.807, 2.05) is 24.4 Å². The van der Waals surface area contributed by atoms with Gasteiger partial charge in [0, 0.05) is 41.6 Å². The molecular formula is C27H24ClFN8O. The largest absolute Gasteiger partial charge is 0.394 e. The number of pyridine rings is 2. The minimum Gasteiger partial charge on any atom is -0.394 e. The van der Waals surface area contributed by atoms with E-state index < -0.39 is 0 Å². The summed E-state index contributed by atoms with van der Waals surface area (Å²) in [6.45, 7) is 2.07. The van der Waals surface area contributed by atoms with Crippen LogP contribution in [0.3, 0.4) is 0 Å². The van der Waals surface area contributed by atoms with Crippen LogP contribution < -0.4 is 21.6 Å². The van der Waals surface area contributed by atoms with E-state index in [2.05, 4.69) is 37.6 Å². The smallest absolute Gasteiger partial charge is 0.126 e. The minimum absolute atomic E-state index is 0.0126. The van der Waals surface area contributed by atoms with Crippen molar-refractivity contribution in [2.24, 2.45) is 0 Å². The summed E-state index contributed by atoms with van der Waals surface area (Å²) in [6, 6.07) is 13.9. The van der Waals surface area contributed by atoms with Gasteiger partial charge in [-0.05, 0) is 54.4 Å². The number of halogens is 2. The molecule has 38 heavy (non-hydrogen) atoms. The molecule has 0 fully saturated rings. The fourth-order valence-electron chi connectivity index (χ4n) is 4.23. The van der Waals surface area contributed by atoms with Crippen LogP contribution in [0.4, 0.5) is 21.5 Å². The van der Waals surface area contributed by atoms with Crippen LogP contribution in [0.1, 0.15) is 22.7 Å². The van der Waals surface area contributed by atoms with E-state index in [9.17, 15) is 14.8 Å². The van der Waals surface area contributed by atoms with Crippen molar-refractivity contribution in [3.8, 4) is 6.07 Å². The van der Waals surface area contributed by atoms with E-state index in [1.165, 1.54) is 12.3 Å². The Labute approximate surface area is 223 Å². The molecule has 0 aliphatic carbocycles. The van der Waals surface area contributed by atoms with Crippen LogP contribution in [0.2, 0.25) is 5.02 Å². The fraction of sp³-hybridized carbons (Fsp3) is 0.148. The van der Waals surface area contributed by atoms with E-state index in [4.69, 9.17) is 11.6 Å². The van der Waals surface area contributed by atoms with Crippen LogP contribution in [-0.2, 0) is 0 Å². The molecule has 0 saturated heterocycles. The van der Waals surface area contributed by atoms with Gasteiger partial charge in [-0.2, -0.15) is 5.26 Å². The van der Waals surface area contributed by atoms with E-state index in [-0.39, 0.29) is 18.5 Å². The normalized spacial score (nSPS) is 13.6. The maximum Gasteiger partial charge on any atom is 0.126 e. The van der Waals surface area contributed by atoms with Crippen molar-refractivity contribution in [3.05, 3.63) is 100 Å². The van der Waals surface area contributed by atoms with Crippen molar-refractivity contribution in [1.82, 2.24) is 25.9 Å². The maximum atomic E-state index is 13.8. The van der Waals surface area contributed by atoms with Crippen molar-refractivity contribution < 1.29 is 9.50 Å². The van der Waals surface area contributed by atoms with E-state index in [0.717, 1.165) is 11.3 Å². The molecule has 9 nitrogen and oxygen atoms in total. The molecule has 0 amide bonds. The summed E-state index contributed by atoms with van der Waals surface area (Å²) >= 11 is 6.68. The number of aliphatic hydroxyl groups excluding tert-OH is 1. The first-order chi connectivity index (χ1) is 18.5. The number of nitriles is 1. The molecule has 0 radical (unpaired) electrons. The minimum atomic E-state index is -0.350. The summed E-state index contributed by atoms with van der Waals surface area (Å²) in [5, 5.41) is 28.6. The number of fused-ring (bicyclic) bond motifs is 1. The SMILES string of the molecule is Cc1cc(Nc2c(C#N)cnc3c(Cl)cc(N[C@H](C4=CN(CCO)NN4)c4cccnc4)cc23)ccc1F. The van der Waals surface area contributed by atoms with E-state index in [1.54, 1.807) is 42.5 Å². The lowest BCUT2D eigenvalue weighted by molar-refractivity contribution is 0.195. The number of hydrazine groups is 2. The number of β-amino-alcohol motifs (C(OH)–C–C–N with tert-alkyl or cyclic N) is 1. The number of nitrogens with zero attached hydrogens (tertiary/aromatic N) is 4. The first kappa shape index (κ1) is 25.2. The van der Waals surface area contributed by atoms with Crippen LogP contribution in [0.5, 0.6) is 0 Å². The highest BCUT2D eigenvalue weighted by molar-refractivity contribution is 6.36. The number of aryl methyl sites for hydroxylation is 1. The fourth-order valence-corrected chi connectivity index (χ4v) is 4.50. The molecule has 0 bridgehead atoms. The molecule has 1 aliphatic rings. The number of benzene rings is 2.